The van der Waals surface area contributed by atoms with Crippen LogP contribution in [-0.2, 0) is 24.1 Å². The van der Waals surface area contributed by atoms with Gasteiger partial charge in [-0.3, -0.25) is 9.80 Å². The lowest BCUT2D eigenvalue weighted by atomic mass is 10.1. The van der Waals surface area contributed by atoms with Crippen molar-refractivity contribution < 1.29 is 27.8 Å². The fourth-order valence-corrected chi connectivity index (χ4v) is 3.69. The van der Waals surface area contributed by atoms with Crippen molar-refractivity contribution in [1.29, 1.82) is 0 Å². The molecule has 0 aliphatic carbocycles. The third kappa shape index (κ3) is 6.37. The number of alkyl halides is 3. The van der Waals surface area contributed by atoms with Gasteiger partial charge >= 0.3 is 12.1 Å². The average Bonchev–Trinajstić information content (AvgIpc) is 2.71. The number of ether oxygens (including phenoxy) is 1. The van der Waals surface area contributed by atoms with E-state index < -0.39 is 23.3 Å². The highest BCUT2D eigenvalue weighted by Gasteiger charge is 2.30. The molecular formula is C23H26ClF3N2O3. The minimum atomic E-state index is -4.32. The number of aliphatic carboxylic acids is 1. The van der Waals surface area contributed by atoms with Crippen molar-refractivity contribution in [3.8, 4) is 5.75 Å². The van der Waals surface area contributed by atoms with Gasteiger partial charge in [-0.05, 0) is 49.2 Å². The first kappa shape index (κ1) is 24.4. The topological polar surface area (TPSA) is 53.0 Å². The highest BCUT2D eigenvalue weighted by atomic mass is 35.5. The van der Waals surface area contributed by atoms with Gasteiger partial charge in [0.2, 0.25) is 0 Å². The van der Waals surface area contributed by atoms with Crippen LogP contribution in [0.15, 0.2) is 42.5 Å². The van der Waals surface area contributed by atoms with Crippen LogP contribution in [-0.4, -0.2) is 52.7 Å². The molecule has 2 aromatic rings. The van der Waals surface area contributed by atoms with Crippen molar-refractivity contribution >= 4 is 17.6 Å². The van der Waals surface area contributed by atoms with Crippen LogP contribution in [0.4, 0.5) is 13.2 Å². The van der Waals surface area contributed by atoms with E-state index in [0.717, 1.165) is 49.4 Å². The molecule has 1 heterocycles. The number of rotatable bonds is 7. The maximum atomic E-state index is 12.7. The van der Waals surface area contributed by atoms with Crippen LogP contribution in [0.5, 0.6) is 5.75 Å². The van der Waals surface area contributed by atoms with E-state index >= 15 is 0 Å². The summed E-state index contributed by atoms with van der Waals surface area (Å²) in [6.07, 6.45) is -4.32. The summed E-state index contributed by atoms with van der Waals surface area (Å²) >= 11 is 6.39. The summed E-state index contributed by atoms with van der Waals surface area (Å²) in [5.74, 6) is -0.667. The Kier molecular flexibility index (Phi) is 7.37. The minimum Gasteiger partial charge on any atom is -0.478 e. The predicted octanol–water partition coefficient (Wildman–Crippen LogP) is 4.92. The number of halogens is 4. The number of piperazine rings is 1. The molecule has 2 aromatic carbocycles. The molecule has 9 heteroatoms. The number of hydrogen-bond acceptors (Lipinski definition) is 4. The normalized spacial score (nSPS) is 16.2. The second-order valence-corrected chi connectivity index (χ2v) is 8.82. The van der Waals surface area contributed by atoms with E-state index in [1.165, 1.54) is 26.0 Å². The number of hydrogen-bond donors (Lipinski definition) is 1. The first-order valence-corrected chi connectivity index (χ1v) is 10.6. The molecule has 1 saturated heterocycles. The molecule has 32 heavy (non-hydrogen) atoms. The zero-order valence-electron chi connectivity index (χ0n) is 18.0. The van der Waals surface area contributed by atoms with E-state index in [4.69, 9.17) is 16.3 Å². The highest BCUT2D eigenvalue weighted by Crippen LogP contribution is 2.30. The van der Waals surface area contributed by atoms with Crippen LogP contribution >= 0.6 is 11.6 Å². The van der Waals surface area contributed by atoms with Crippen LogP contribution in [0, 0.1) is 0 Å². The van der Waals surface area contributed by atoms with E-state index in [9.17, 15) is 23.1 Å². The van der Waals surface area contributed by atoms with Crippen molar-refractivity contribution in [2.75, 3.05) is 26.2 Å². The summed E-state index contributed by atoms with van der Waals surface area (Å²) in [6.45, 7) is 7.41. The predicted molar refractivity (Wildman–Crippen MR) is 116 cm³/mol. The maximum absolute atomic E-state index is 12.7. The molecule has 0 bridgehead atoms. The first-order chi connectivity index (χ1) is 14.9. The van der Waals surface area contributed by atoms with Gasteiger partial charge in [-0.15, -0.1) is 0 Å². The van der Waals surface area contributed by atoms with Crippen LogP contribution < -0.4 is 4.74 Å². The van der Waals surface area contributed by atoms with Crippen molar-refractivity contribution in [2.24, 2.45) is 0 Å². The van der Waals surface area contributed by atoms with Crippen LogP contribution in [0.25, 0.3) is 0 Å². The zero-order valence-corrected chi connectivity index (χ0v) is 18.7. The summed E-state index contributed by atoms with van der Waals surface area (Å²) in [7, 11) is 0. The average molecular weight is 471 g/mol. The lowest BCUT2D eigenvalue weighted by molar-refractivity contribution is -0.152. The van der Waals surface area contributed by atoms with Crippen LogP contribution in [0.1, 0.15) is 30.5 Å². The number of benzene rings is 2. The minimum absolute atomic E-state index is 0.396. The Morgan fingerprint density at radius 1 is 1.00 bits per heavy atom. The van der Waals surface area contributed by atoms with Gasteiger partial charge < -0.3 is 9.84 Å². The van der Waals surface area contributed by atoms with E-state index in [2.05, 4.69) is 9.80 Å². The number of carbonyl (C=O) groups is 1. The second kappa shape index (κ2) is 9.68. The quantitative estimate of drug-likeness (QED) is 0.622. The lowest BCUT2D eigenvalue weighted by Gasteiger charge is -2.35. The Morgan fingerprint density at radius 3 is 2.06 bits per heavy atom. The standard InChI is InChI=1S/C23H26ClF3N2O3/c1-22(2,21(30)31)32-19-8-5-17(20(24)13-19)15-29-11-9-28(10-12-29)14-16-3-6-18(7-4-16)23(25,26)27/h3-8,13H,9-12,14-15H2,1-2H3,(H,30,31). The Balaban J connectivity index is 1.51. The van der Waals surface area contributed by atoms with E-state index in [1.54, 1.807) is 12.1 Å². The lowest BCUT2D eigenvalue weighted by Crippen LogP contribution is -2.45. The van der Waals surface area contributed by atoms with Gasteiger partial charge in [0.1, 0.15) is 5.75 Å². The van der Waals surface area contributed by atoms with Gasteiger partial charge in [0, 0.05) is 44.3 Å². The molecule has 0 atom stereocenters. The molecule has 1 N–H and O–H groups in total. The van der Waals surface area contributed by atoms with Gasteiger partial charge in [0.25, 0.3) is 0 Å². The third-order valence-corrected chi connectivity index (χ3v) is 5.81. The van der Waals surface area contributed by atoms with E-state index in [-0.39, 0.29) is 0 Å². The van der Waals surface area contributed by atoms with Gasteiger partial charge in [-0.1, -0.05) is 29.8 Å². The Bertz CT molecular complexity index is 940. The summed E-state index contributed by atoms with van der Waals surface area (Å²) in [4.78, 5) is 15.7. The van der Waals surface area contributed by atoms with Crippen LogP contribution in [0.3, 0.4) is 0 Å². The fourth-order valence-electron chi connectivity index (χ4n) is 3.46. The monoisotopic (exact) mass is 470 g/mol. The SMILES string of the molecule is CC(C)(Oc1ccc(CN2CCN(Cc3ccc(C(F)(F)F)cc3)CC2)c(Cl)c1)C(=O)O. The van der Waals surface area contributed by atoms with Crippen molar-refractivity contribution in [2.45, 2.75) is 38.7 Å². The Labute approximate surface area is 190 Å². The molecule has 0 aromatic heterocycles. The van der Waals surface area contributed by atoms with Gasteiger partial charge in [0.15, 0.2) is 5.60 Å². The zero-order chi connectivity index (χ0) is 23.5. The Hall–Kier alpha value is -2.29. The van der Waals surface area contributed by atoms with Crippen molar-refractivity contribution in [3.63, 3.8) is 0 Å². The summed E-state index contributed by atoms with van der Waals surface area (Å²) < 4.78 is 43.6. The van der Waals surface area contributed by atoms with E-state index in [1.807, 2.05) is 6.07 Å². The van der Waals surface area contributed by atoms with Gasteiger partial charge in [0.05, 0.1) is 5.56 Å². The number of carboxylic acids is 1. The van der Waals surface area contributed by atoms with Crippen LogP contribution in [0.2, 0.25) is 5.02 Å². The molecule has 0 unspecified atom stereocenters. The molecule has 0 saturated carbocycles. The molecule has 3 rings (SSSR count). The molecule has 0 radical (unpaired) electrons. The molecule has 174 valence electrons. The number of carboxylic acid groups (broad SMARTS) is 1. The van der Waals surface area contributed by atoms with Gasteiger partial charge in [-0.25, -0.2) is 4.79 Å². The fraction of sp³-hybridized carbons (Fsp3) is 0.435. The van der Waals surface area contributed by atoms with E-state index in [0.29, 0.717) is 23.9 Å². The molecule has 5 nitrogen and oxygen atoms in total. The third-order valence-electron chi connectivity index (χ3n) is 5.46. The maximum Gasteiger partial charge on any atom is 0.416 e. The molecule has 1 aliphatic heterocycles. The molecular weight excluding hydrogens is 445 g/mol. The van der Waals surface area contributed by atoms with Crippen molar-refractivity contribution in [1.82, 2.24) is 9.80 Å². The largest absolute Gasteiger partial charge is 0.478 e. The van der Waals surface area contributed by atoms with Gasteiger partial charge in [-0.2, -0.15) is 13.2 Å². The second-order valence-electron chi connectivity index (χ2n) is 8.42. The van der Waals surface area contributed by atoms with Crippen molar-refractivity contribution in [3.05, 3.63) is 64.2 Å². The molecule has 0 spiro atoms. The molecule has 0 amide bonds. The Morgan fingerprint density at radius 2 is 1.56 bits per heavy atom. The first-order valence-electron chi connectivity index (χ1n) is 10.3. The smallest absolute Gasteiger partial charge is 0.416 e. The summed E-state index contributed by atoms with van der Waals surface area (Å²) in [5.41, 5.74) is -0.211. The highest BCUT2D eigenvalue weighted by molar-refractivity contribution is 6.31. The molecule has 1 aliphatic rings. The molecule has 1 fully saturated rings. The summed E-state index contributed by atoms with van der Waals surface area (Å²) in [5, 5.41) is 9.70. The summed E-state index contributed by atoms with van der Waals surface area (Å²) in [6, 6.07) is 10.5. The number of nitrogens with zero attached hydrogens (tertiary/aromatic N) is 2.